The van der Waals surface area contributed by atoms with Crippen molar-refractivity contribution in [3.63, 3.8) is 0 Å². The van der Waals surface area contributed by atoms with Crippen LogP contribution in [-0.2, 0) is 0 Å². The smallest absolute Gasteiger partial charge is 0.163 e. The van der Waals surface area contributed by atoms with Crippen LogP contribution in [0.3, 0.4) is 0 Å². The summed E-state index contributed by atoms with van der Waals surface area (Å²) in [5.41, 5.74) is 1.93. The summed E-state index contributed by atoms with van der Waals surface area (Å²) in [6.07, 6.45) is 1.04. The number of nitrogens with one attached hydrogen (secondary N) is 2. The first-order valence-electron chi connectivity index (χ1n) is 9.97. The lowest BCUT2D eigenvalue weighted by Gasteiger charge is -2.13. The van der Waals surface area contributed by atoms with Crippen molar-refractivity contribution in [2.45, 2.75) is 13.3 Å². The molecule has 2 aromatic carbocycles. The number of aromatic nitrogens is 2. The van der Waals surface area contributed by atoms with Crippen LogP contribution in [0.2, 0.25) is 0 Å². The van der Waals surface area contributed by atoms with Crippen molar-refractivity contribution < 1.29 is 4.74 Å². The van der Waals surface area contributed by atoms with E-state index in [-0.39, 0.29) is 0 Å². The summed E-state index contributed by atoms with van der Waals surface area (Å²) < 4.78 is 5.51. The van der Waals surface area contributed by atoms with Crippen LogP contribution in [0.1, 0.15) is 13.3 Å². The van der Waals surface area contributed by atoms with E-state index in [9.17, 15) is 0 Å². The number of hydrogen-bond donors (Lipinski definition) is 2. The van der Waals surface area contributed by atoms with Crippen molar-refractivity contribution in [2.75, 3.05) is 44.4 Å². The molecule has 0 bridgehead atoms. The molecule has 0 spiro atoms. The average molecular weight is 392 g/mol. The number of anilines is 3. The highest BCUT2D eigenvalue weighted by Gasteiger charge is 2.08. The monoisotopic (exact) mass is 391 g/mol. The van der Waals surface area contributed by atoms with Gasteiger partial charge in [0.2, 0.25) is 0 Å². The second kappa shape index (κ2) is 10.4. The molecule has 0 aliphatic carbocycles. The molecule has 0 radical (unpaired) electrons. The van der Waals surface area contributed by atoms with E-state index >= 15 is 0 Å². The van der Waals surface area contributed by atoms with Crippen LogP contribution >= 0.6 is 0 Å². The molecule has 152 valence electrons. The second-order valence-electron chi connectivity index (χ2n) is 6.99. The minimum atomic E-state index is 0.655. The Morgan fingerprint density at radius 3 is 2.34 bits per heavy atom. The molecule has 6 heteroatoms. The molecule has 0 saturated heterocycles. The van der Waals surface area contributed by atoms with Gasteiger partial charge in [-0.3, -0.25) is 0 Å². The Bertz CT molecular complexity index is 882. The molecule has 0 amide bonds. The van der Waals surface area contributed by atoms with Crippen LogP contribution < -0.4 is 15.4 Å². The largest absolute Gasteiger partial charge is 0.494 e. The molecular weight excluding hydrogens is 362 g/mol. The van der Waals surface area contributed by atoms with E-state index in [1.54, 1.807) is 0 Å². The predicted octanol–water partition coefficient (Wildman–Crippen LogP) is 4.65. The molecule has 3 rings (SSSR count). The zero-order chi connectivity index (χ0) is 20.5. The van der Waals surface area contributed by atoms with Gasteiger partial charge in [-0.1, -0.05) is 30.3 Å². The summed E-state index contributed by atoms with van der Waals surface area (Å²) in [6, 6.07) is 19.8. The third kappa shape index (κ3) is 6.47. The van der Waals surface area contributed by atoms with Gasteiger partial charge >= 0.3 is 0 Å². The Hall–Kier alpha value is -3.12. The summed E-state index contributed by atoms with van der Waals surface area (Å²) >= 11 is 0. The van der Waals surface area contributed by atoms with Crippen molar-refractivity contribution in [3.8, 4) is 17.1 Å². The normalized spacial score (nSPS) is 10.8. The minimum absolute atomic E-state index is 0.655. The van der Waals surface area contributed by atoms with Crippen LogP contribution in [-0.4, -0.2) is 48.7 Å². The zero-order valence-electron chi connectivity index (χ0n) is 17.4. The van der Waals surface area contributed by atoms with Gasteiger partial charge in [0.25, 0.3) is 0 Å². The summed E-state index contributed by atoms with van der Waals surface area (Å²) in [4.78, 5) is 11.6. The first-order chi connectivity index (χ1) is 14.1. The van der Waals surface area contributed by atoms with E-state index < -0.39 is 0 Å². The molecule has 2 N–H and O–H groups in total. The third-order valence-electron chi connectivity index (χ3n) is 4.28. The fraction of sp³-hybridized carbons (Fsp3) is 0.304. The highest BCUT2D eigenvalue weighted by atomic mass is 16.5. The molecule has 29 heavy (non-hydrogen) atoms. The van der Waals surface area contributed by atoms with Crippen LogP contribution in [0, 0.1) is 0 Å². The lowest BCUT2D eigenvalue weighted by atomic mass is 10.2. The molecule has 0 saturated carbocycles. The maximum absolute atomic E-state index is 5.51. The SMILES string of the molecule is CCOc1ccc(Nc2cc(NCCCN(C)C)nc(-c3ccccc3)n2)cc1. The number of hydrogen-bond acceptors (Lipinski definition) is 6. The minimum Gasteiger partial charge on any atom is -0.494 e. The lowest BCUT2D eigenvalue weighted by Crippen LogP contribution is -2.16. The van der Waals surface area contributed by atoms with Gasteiger partial charge in [0.15, 0.2) is 5.82 Å². The van der Waals surface area contributed by atoms with Crippen molar-refractivity contribution >= 4 is 17.3 Å². The van der Waals surface area contributed by atoms with Crippen LogP contribution in [0.5, 0.6) is 5.75 Å². The molecule has 1 heterocycles. The van der Waals surface area contributed by atoms with Gasteiger partial charge in [-0.15, -0.1) is 0 Å². The van der Waals surface area contributed by atoms with Crippen LogP contribution in [0.4, 0.5) is 17.3 Å². The highest BCUT2D eigenvalue weighted by molar-refractivity contribution is 5.65. The number of nitrogens with zero attached hydrogens (tertiary/aromatic N) is 3. The van der Waals surface area contributed by atoms with Gasteiger partial charge in [0, 0.05) is 23.9 Å². The molecule has 0 unspecified atom stereocenters. The van der Waals surface area contributed by atoms with Crippen LogP contribution in [0.15, 0.2) is 60.7 Å². The lowest BCUT2D eigenvalue weighted by molar-refractivity contribution is 0.340. The third-order valence-corrected chi connectivity index (χ3v) is 4.28. The predicted molar refractivity (Wildman–Crippen MR) is 120 cm³/mol. The van der Waals surface area contributed by atoms with Crippen molar-refractivity contribution in [3.05, 3.63) is 60.7 Å². The Labute approximate surface area is 173 Å². The molecule has 0 fully saturated rings. The van der Waals surface area contributed by atoms with Crippen LogP contribution in [0.25, 0.3) is 11.4 Å². The van der Waals surface area contributed by atoms with Crippen molar-refractivity contribution in [2.24, 2.45) is 0 Å². The Morgan fingerprint density at radius 2 is 1.66 bits per heavy atom. The fourth-order valence-corrected chi connectivity index (χ4v) is 2.88. The number of rotatable bonds is 10. The van der Waals surface area contributed by atoms with E-state index in [4.69, 9.17) is 14.7 Å². The molecule has 0 aliphatic rings. The fourth-order valence-electron chi connectivity index (χ4n) is 2.88. The first-order valence-corrected chi connectivity index (χ1v) is 9.97. The maximum atomic E-state index is 5.51. The van der Waals surface area contributed by atoms with Gasteiger partial charge in [0.1, 0.15) is 17.4 Å². The van der Waals surface area contributed by atoms with Gasteiger partial charge < -0.3 is 20.3 Å². The second-order valence-corrected chi connectivity index (χ2v) is 6.99. The summed E-state index contributed by atoms with van der Waals surface area (Å²) in [5.74, 6) is 3.11. The van der Waals surface area contributed by atoms with Gasteiger partial charge in [-0.2, -0.15) is 0 Å². The number of benzene rings is 2. The van der Waals surface area contributed by atoms with Crippen molar-refractivity contribution in [1.29, 1.82) is 0 Å². The molecule has 3 aromatic rings. The van der Waals surface area contributed by atoms with E-state index in [0.29, 0.717) is 12.4 Å². The first kappa shape index (κ1) is 20.6. The van der Waals surface area contributed by atoms with Gasteiger partial charge in [-0.05, 0) is 58.3 Å². The molecular formula is C23H29N5O. The maximum Gasteiger partial charge on any atom is 0.163 e. The number of ether oxygens (including phenoxy) is 1. The van der Waals surface area contributed by atoms with E-state index in [2.05, 4.69) is 29.6 Å². The van der Waals surface area contributed by atoms with Crippen molar-refractivity contribution in [1.82, 2.24) is 14.9 Å². The Kier molecular flexibility index (Phi) is 7.41. The van der Waals surface area contributed by atoms with E-state index in [1.165, 1.54) is 0 Å². The Balaban J connectivity index is 1.79. The molecule has 1 aromatic heterocycles. The summed E-state index contributed by atoms with van der Waals surface area (Å²) in [7, 11) is 4.16. The molecule has 0 aliphatic heterocycles. The van der Waals surface area contributed by atoms with E-state index in [1.807, 2.05) is 67.6 Å². The van der Waals surface area contributed by atoms with Gasteiger partial charge in [-0.25, -0.2) is 9.97 Å². The zero-order valence-corrected chi connectivity index (χ0v) is 17.4. The molecule has 0 atom stereocenters. The molecule has 6 nitrogen and oxygen atoms in total. The summed E-state index contributed by atoms with van der Waals surface area (Å²) in [6.45, 7) is 4.51. The summed E-state index contributed by atoms with van der Waals surface area (Å²) in [5, 5.41) is 6.80. The Morgan fingerprint density at radius 1 is 0.931 bits per heavy atom. The van der Waals surface area contributed by atoms with Gasteiger partial charge in [0.05, 0.1) is 6.61 Å². The quantitative estimate of drug-likeness (QED) is 0.491. The average Bonchev–Trinajstić information content (AvgIpc) is 2.73. The highest BCUT2D eigenvalue weighted by Crippen LogP contribution is 2.24. The standard InChI is InChI=1S/C23H29N5O/c1-4-29-20-13-11-19(12-14-20)25-22-17-21(24-15-8-16-28(2)3)26-23(27-22)18-9-6-5-7-10-18/h5-7,9-14,17H,4,8,15-16H2,1-3H3,(H2,24,25,26,27). The van der Waals surface area contributed by atoms with E-state index in [0.717, 1.165) is 48.1 Å². The topological polar surface area (TPSA) is 62.3 Å².